The molecule has 1 unspecified atom stereocenters. The van der Waals surface area contributed by atoms with Crippen LogP contribution in [0.25, 0.3) is 0 Å². The Morgan fingerprint density at radius 3 is 2.26 bits per heavy atom. The highest BCUT2D eigenvalue weighted by atomic mass is 35.5. The van der Waals surface area contributed by atoms with Gasteiger partial charge in [0.1, 0.15) is 11.5 Å². The molecule has 0 heterocycles. The molecule has 2 N–H and O–H groups in total. The van der Waals surface area contributed by atoms with Gasteiger partial charge in [-0.05, 0) is 74.0 Å². The van der Waals surface area contributed by atoms with Crippen LogP contribution in [0.3, 0.4) is 0 Å². The van der Waals surface area contributed by atoms with Crippen LogP contribution in [0.4, 0.5) is 10.5 Å². The summed E-state index contributed by atoms with van der Waals surface area (Å²) in [6.45, 7) is 3.71. The molecule has 0 saturated heterocycles. The molecular weight excluding hydrogens is 472 g/mol. The number of carbonyl (C=O) groups is 3. The predicted octanol–water partition coefficient (Wildman–Crippen LogP) is 5.21. The van der Waals surface area contributed by atoms with Crippen molar-refractivity contribution >= 4 is 35.3 Å². The van der Waals surface area contributed by atoms with Crippen molar-refractivity contribution in [2.24, 2.45) is 0 Å². The second kappa shape index (κ2) is 12.4. The first-order chi connectivity index (χ1) is 16.9. The summed E-state index contributed by atoms with van der Waals surface area (Å²) in [5.41, 5.74) is 1.64. The molecule has 0 fully saturated rings. The Bertz CT molecular complexity index is 1170. The highest BCUT2D eigenvalue weighted by molar-refractivity contribution is 6.30. The van der Waals surface area contributed by atoms with Gasteiger partial charge in [-0.15, -0.1) is 0 Å². The normalized spacial score (nSPS) is 11.2. The van der Waals surface area contributed by atoms with Gasteiger partial charge < -0.3 is 24.8 Å². The fraction of sp³-hybridized carbons (Fsp3) is 0.192. The van der Waals surface area contributed by atoms with E-state index in [2.05, 4.69) is 10.6 Å². The lowest BCUT2D eigenvalue weighted by molar-refractivity contribution is -0.127. The Labute approximate surface area is 208 Å². The van der Waals surface area contributed by atoms with E-state index < -0.39 is 12.3 Å². The summed E-state index contributed by atoms with van der Waals surface area (Å²) in [4.78, 5) is 36.6. The van der Waals surface area contributed by atoms with Gasteiger partial charge in [0.15, 0.2) is 6.10 Å². The largest absolute Gasteiger partial charge is 0.513 e. The van der Waals surface area contributed by atoms with Crippen molar-refractivity contribution in [1.29, 1.82) is 0 Å². The van der Waals surface area contributed by atoms with E-state index in [-0.39, 0.29) is 30.7 Å². The van der Waals surface area contributed by atoms with Gasteiger partial charge in [0, 0.05) is 22.8 Å². The molecule has 0 aromatic heterocycles. The van der Waals surface area contributed by atoms with E-state index in [9.17, 15) is 14.4 Å². The van der Waals surface area contributed by atoms with Crippen molar-refractivity contribution < 1.29 is 28.6 Å². The van der Waals surface area contributed by atoms with Crippen molar-refractivity contribution in [2.75, 3.05) is 11.9 Å². The zero-order chi connectivity index (χ0) is 25.2. The number of carbonyl (C=O) groups excluding carboxylic acids is 3. The van der Waals surface area contributed by atoms with Gasteiger partial charge in [0.25, 0.3) is 11.8 Å². The molecule has 9 heteroatoms. The number of anilines is 1. The Balaban J connectivity index is 1.57. The quantitative estimate of drug-likeness (QED) is 0.311. The third-order valence-corrected chi connectivity index (χ3v) is 5.05. The number of nitrogens with one attached hydrogen (secondary N) is 2. The smallest absolute Gasteiger partial charge is 0.481 e. The predicted molar refractivity (Wildman–Crippen MR) is 132 cm³/mol. The van der Waals surface area contributed by atoms with E-state index in [4.69, 9.17) is 25.8 Å². The summed E-state index contributed by atoms with van der Waals surface area (Å²) in [6.07, 6.45) is -1.54. The minimum absolute atomic E-state index is 0.190. The number of ether oxygens (including phenoxy) is 3. The molecule has 2 amide bonds. The van der Waals surface area contributed by atoms with Gasteiger partial charge in [-0.2, -0.15) is 0 Å². The number of hydrogen-bond acceptors (Lipinski definition) is 6. The molecular formula is C26H25ClN2O6. The highest BCUT2D eigenvalue weighted by Crippen LogP contribution is 2.19. The van der Waals surface area contributed by atoms with Crippen LogP contribution >= 0.6 is 11.6 Å². The van der Waals surface area contributed by atoms with Gasteiger partial charge in [0.2, 0.25) is 0 Å². The maximum absolute atomic E-state index is 12.7. The number of halogens is 1. The number of para-hydroxylation sites is 1. The van der Waals surface area contributed by atoms with Crippen LogP contribution in [0.2, 0.25) is 5.02 Å². The topological polar surface area (TPSA) is 103 Å². The number of rotatable bonds is 9. The molecule has 0 aliphatic heterocycles. The standard InChI is InChI=1S/C26H25ClN2O6/c1-3-33-26(32)35-22-12-8-18(9-13-22)25(31)29-23-7-5-4-6-19(23)16-28-24(30)17(2)34-21-14-10-20(27)11-15-21/h4-15,17H,3,16H2,1-2H3,(H,28,30)(H,29,31). The number of amides is 2. The molecule has 0 spiro atoms. The third kappa shape index (κ3) is 7.75. The summed E-state index contributed by atoms with van der Waals surface area (Å²) < 4.78 is 15.4. The SMILES string of the molecule is CCOC(=O)Oc1ccc(C(=O)Nc2ccccc2CNC(=O)C(C)Oc2ccc(Cl)cc2)cc1. The third-order valence-electron chi connectivity index (χ3n) is 4.79. The van der Waals surface area contributed by atoms with E-state index in [0.717, 1.165) is 5.56 Å². The fourth-order valence-electron chi connectivity index (χ4n) is 3.01. The van der Waals surface area contributed by atoms with E-state index in [1.54, 1.807) is 56.3 Å². The molecule has 182 valence electrons. The van der Waals surface area contributed by atoms with E-state index in [0.29, 0.717) is 22.0 Å². The monoisotopic (exact) mass is 496 g/mol. The Morgan fingerprint density at radius 1 is 0.914 bits per heavy atom. The van der Waals surface area contributed by atoms with Crippen LogP contribution in [0.5, 0.6) is 11.5 Å². The molecule has 0 saturated carbocycles. The van der Waals surface area contributed by atoms with Crippen LogP contribution in [0.1, 0.15) is 29.8 Å². The molecule has 8 nitrogen and oxygen atoms in total. The minimum atomic E-state index is -0.812. The molecule has 0 aliphatic carbocycles. The van der Waals surface area contributed by atoms with Crippen molar-refractivity contribution in [3.8, 4) is 11.5 Å². The van der Waals surface area contributed by atoms with Gasteiger partial charge in [-0.1, -0.05) is 29.8 Å². The van der Waals surface area contributed by atoms with Gasteiger partial charge >= 0.3 is 6.16 Å². The maximum atomic E-state index is 12.7. The second-order valence-corrected chi connectivity index (χ2v) is 7.79. The molecule has 35 heavy (non-hydrogen) atoms. The molecule has 3 aromatic carbocycles. The summed E-state index contributed by atoms with van der Waals surface area (Å²) >= 11 is 5.87. The average molecular weight is 497 g/mol. The zero-order valence-electron chi connectivity index (χ0n) is 19.2. The Kier molecular flexibility index (Phi) is 9.09. The maximum Gasteiger partial charge on any atom is 0.513 e. The lowest BCUT2D eigenvalue weighted by Gasteiger charge is -2.16. The highest BCUT2D eigenvalue weighted by Gasteiger charge is 2.16. The number of hydrogen-bond donors (Lipinski definition) is 2. The molecule has 1 atom stereocenters. The molecule has 3 aromatic rings. The summed E-state index contributed by atoms with van der Waals surface area (Å²) in [5.74, 6) is 0.130. The van der Waals surface area contributed by atoms with Gasteiger partial charge in [0.05, 0.1) is 6.61 Å². The minimum Gasteiger partial charge on any atom is -0.481 e. The van der Waals surface area contributed by atoms with E-state index >= 15 is 0 Å². The van der Waals surface area contributed by atoms with Crippen LogP contribution in [-0.2, 0) is 16.1 Å². The number of benzene rings is 3. The van der Waals surface area contributed by atoms with Crippen LogP contribution in [0.15, 0.2) is 72.8 Å². The van der Waals surface area contributed by atoms with Crippen LogP contribution in [0, 0.1) is 0 Å². The summed E-state index contributed by atoms with van der Waals surface area (Å²) in [7, 11) is 0. The first-order valence-corrected chi connectivity index (χ1v) is 11.3. The summed E-state index contributed by atoms with van der Waals surface area (Å²) in [5, 5.41) is 6.23. The van der Waals surface area contributed by atoms with Crippen molar-refractivity contribution in [2.45, 2.75) is 26.5 Å². The molecule has 3 rings (SSSR count). The lowest BCUT2D eigenvalue weighted by atomic mass is 10.1. The Hall–Kier alpha value is -4.04. The molecule has 0 radical (unpaired) electrons. The van der Waals surface area contributed by atoms with Crippen LogP contribution in [-0.4, -0.2) is 30.7 Å². The first-order valence-electron chi connectivity index (χ1n) is 10.9. The molecule has 0 aliphatic rings. The van der Waals surface area contributed by atoms with Crippen molar-refractivity contribution in [1.82, 2.24) is 5.32 Å². The second-order valence-electron chi connectivity index (χ2n) is 7.35. The van der Waals surface area contributed by atoms with E-state index in [1.165, 1.54) is 24.3 Å². The fourth-order valence-corrected chi connectivity index (χ4v) is 3.13. The zero-order valence-corrected chi connectivity index (χ0v) is 20.0. The summed E-state index contributed by atoms with van der Waals surface area (Å²) in [6, 6.07) is 19.9. The van der Waals surface area contributed by atoms with Gasteiger partial charge in [-0.25, -0.2) is 4.79 Å². The average Bonchev–Trinajstić information content (AvgIpc) is 2.85. The van der Waals surface area contributed by atoms with Crippen LogP contribution < -0.4 is 20.1 Å². The Morgan fingerprint density at radius 2 is 1.57 bits per heavy atom. The van der Waals surface area contributed by atoms with Gasteiger partial charge in [-0.3, -0.25) is 9.59 Å². The van der Waals surface area contributed by atoms with Crippen molar-refractivity contribution in [3.63, 3.8) is 0 Å². The van der Waals surface area contributed by atoms with E-state index in [1.807, 2.05) is 6.07 Å². The van der Waals surface area contributed by atoms with Crippen molar-refractivity contribution in [3.05, 3.63) is 88.9 Å². The molecule has 0 bridgehead atoms. The first kappa shape index (κ1) is 25.6. The lowest BCUT2D eigenvalue weighted by Crippen LogP contribution is -2.36.